The number of halogens is 1. The molecule has 1 atom stereocenters. The average molecular weight is 562 g/mol. The van der Waals surface area contributed by atoms with Crippen LogP contribution in [0.15, 0.2) is 36.8 Å². The van der Waals surface area contributed by atoms with Crippen LogP contribution in [0.1, 0.15) is 67.4 Å². The molecular formula is C33H44FN5O2. The maximum Gasteiger partial charge on any atom is 0.256 e. The first-order valence-electron chi connectivity index (χ1n) is 15.1. The number of carbonyl (C=O) groups is 2. The van der Waals surface area contributed by atoms with E-state index in [1.165, 1.54) is 23.1 Å². The molecular weight excluding hydrogens is 517 g/mol. The van der Waals surface area contributed by atoms with Crippen LogP contribution in [0.25, 0.3) is 16.6 Å². The molecule has 8 heteroatoms. The van der Waals surface area contributed by atoms with Gasteiger partial charge in [-0.1, -0.05) is 0 Å². The average Bonchev–Trinajstić information content (AvgIpc) is 3.57. The molecule has 3 aromatic rings. The molecule has 1 saturated heterocycles. The van der Waals surface area contributed by atoms with Crippen molar-refractivity contribution in [2.75, 3.05) is 33.7 Å². The first-order valence-corrected chi connectivity index (χ1v) is 15.1. The van der Waals surface area contributed by atoms with Crippen molar-refractivity contribution in [3.05, 3.63) is 59.3 Å². The van der Waals surface area contributed by atoms with E-state index in [0.717, 1.165) is 69.2 Å². The van der Waals surface area contributed by atoms with Crippen molar-refractivity contribution in [1.29, 1.82) is 0 Å². The Morgan fingerprint density at radius 3 is 2.59 bits per heavy atom. The van der Waals surface area contributed by atoms with E-state index in [1.54, 1.807) is 25.1 Å². The predicted molar refractivity (Wildman–Crippen MR) is 161 cm³/mol. The summed E-state index contributed by atoms with van der Waals surface area (Å²) in [6.45, 7) is 9.29. The second kappa shape index (κ2) is 12.3. The Morgan fingerprint density at radius 1 is 1.12 bits per heavy atom. The molecule has 2 aliphatic rings. The highest BCUT2D eigenvalue weighted by atomic mass is 19.1. The Labute approximate surface area is 243 Å². The van der Waals surface area contributed by atoms with E-state index in [2.05, 4.69) is 28.3 Å². The minimum atomic E-state index is -0.423. The van der Waals surface area contributed by atoms with E-state index in [4.69, 9.17) is 0 Å². The number of aromatic nitrogens is 2. The lowest BCUT2D eigenvalue weighted by molar-refractivity contribution is -0.125. The van der Waals surface area contributed by atoms with Gasteiger partial charge in [-0.15, -0.1) is 0 Å². The van der Waals surface area contributed by atoms with Crippen LogP contribution in [0.3, 0.4) is 0 Å². The number of aryl methyl sites for hydroxylation is 1. The molecule has 5 rings (SSSR count). The number of hydrogen-bond acceptors (Lipinski definition) is 4. The Morgan fingerprint density at radius 2 is 1.88 bits per heavy atom. The third-order valence-electron chi connectivity index (χ3n) is 9.38. The van der Waals surface area contributed by atoms with Crippen molar-refractivity contribution in [1.82, 2.24) is 24.7 Å². The zero-order valence-corrected chi connectivity index (χ0v) is 25.1. The molecule has 0 radical (unpaired) electrons. The molecule has 0 bridgehead atoms. The summed E-state index contributed by atoms with van der Waals surface area (Å²) in [5.74, 6) is 0.968. The first kappa shape index (κ1) is 29.2. The van der Waals surface area contributed by atoms with Gasteiger partial charge in [0, 0.05) is 56.9 Å². The minimum absolute atomic E-state index is 0.00399. The number of nitrogens with zero attached hydrogens (tertiary/aromatic N) is 4. The third-order valence-corrected chi connectivity index (χ3v) is 9.38. The normalized spacial score (nSPS) is 21.5. The highest BCUT2D eigenvalue weighted by Gasteiger charge is 2.30. The molecule has 1 aromatic carbocycles. The van der Waals surface area contributed by atoms with Gasteiger partial charge in [0.25, 0.3) is 5.91 Å². The van der Waals surface area contributed by atoms with Crippen molar-refractivity contribution in [3.63, 3.8) is 0 Å². The molecule has 1 saturated carbocycles. The first-order chi connectivity index (χ1) is 19.7. The second-order valence-corrected chi connectivity index (χ2v) is 12.5. The summed E-state index contributed by atoms with van der Waals surface area (Å²) in [6.07, 6.45) is 12.2. The molecule has 1 aliphatic carbocycles. The van der Waals surface area contributed by atoms with Crippen LogP contribution in [0, 0.1) is 30.5 Å². The van der Waals surface area contributed by atoms with E-state index in [0.29, 0.717) is 23.1 Å². The number of amides is 2. The zero-order valence-electron chi connectivity index (χ0n) is 25.1. The maximum atomic E-state index is 14.4. The van der Waals surface area contributed by atoms with Gasteiger partial charge in [-0.25, -0.2) is 4.39 Å². The fourth-order valence-corrected chi connectivity index (χ4v) is 6.84. The lowest BCUT2D eigenvalue weighted by Crippen LogP contribution is -2.34. The lowest BCUT2D eigenvalue weighted by atomic mass is 9.81. The van der Waals surface area contributed by atoms with Crippen LogP contribution < -0.4 is 5.32 Å². The molecule has 1 N–H and O–H groups in total. The third kappa shape index (κ3) is 6.17. The summed E-state index contributed by atoms with van der Waals surface area (Å²) in [7, 11) is 3.49. The summed E-state index contributed by atoms with van der Waals surface area (Å²) < 4.78 is 16.4. The monoisotopic (exact) mass is 561 g/mol. The van der Waals surface area contributed by atoms with Gasteiger partial charge in [0.1, 0.15) is 5.82 Å². The van der Waals surface area contributed by atoms with E-state index in [9.17, 15) is 14.0 Å². The van der Waals surface area contributed by atoms with Crippen molar-refractivity contribution < 1.29 is 14.0 Å². The van der Waals surface area contributed by atoms with Crippen LogP contribution >= 0.6 is 0 Å². The van der Waals surface area contributed by atoms with Gasteiger partial charge in [-0.3, -0.25) is 14.6 Å². The van der Waals surface area contributed by atoms with Gasteiger partial charge in [0.2, 0.25) is 5.91 Å². The molecule has 2 fully saturated rings. The van der Waals surface area contributed by atoms with Gasteiger partial charge in [0.15, 0.2) is 0 Å². The Balaban J connectivity index is 1.35. The summed E-state index contributed by atoms with van der Waals surface area (Å²) in [5.41, 5.74) is 4.32. The number of fused-ring (bicyclic) bond motifs is 1. The largest absolute Gasteiger partial charge is 0.359 e. The molecule has 2 aromatic heterocycles. The van der Waals surface area contributed by atoms with Gasteiger partial charge in [-0.05, 0) is 107 Å². The number of rotatable bonds is 8. The van der Waals surface area contributed by atoms with Crippen molar-refractivity contribution in [2.45, 2.75) is 65.3 Å². The van der Waals surface area contributed by atoms with Crippen molar-refractivity contribution in [3.8, 4) is 5.69 Å². The second-order valence-electron chi connectivity index (χ2n) is 12.5. The number of nitrogens with one attached hydrogen (secondary N) is 1. The van der Waals surface area contributed by atoms with Crippen LogP contribution in [0.2, 0.25) is 0 Å². The van der Waals surface area contributed by atoms with Gasteiger partial charge >= 0.3 is 0 Å². The van der Waals surface area contributed by atoms with E-state index in [-0.39, 0.29) is 23.8 Å². The van der Waals surface area contributed by atoms with Crippen LogP contribution in [0.5, 0.6) is 0 Å². The van der Waals surface area contributed by atoms with Gasteiger partial charge in [0.05, 0.1) is 23.0 Å². The highest BCUT2D eigenvalue weighted by Crippen LogP contribution is 2.34. The summed E-state index contributed by atoms with van der Waals surface area (Å²) in [4.78, 5) is 34.1. The minimum Gasteiger partial charge on any atom is -0.359 e. The molecule has 0 spiro atoms. The molecule has 41 heavy (non-hydrogen) atoms. The molecule has 1 aliphatic heterocycles. The highest BCUT2D eigenvalue weighted by molar-refractivity contribution is 5.99. The number of pyridine rings is 1. The Kier molecular flexibility index (Phi) is 8.78. The summed E-state index contributed by atoms with van der Waals surface area (Å²) in [5, 5.41) is 3.98. The molecule has 2 amide bonds. The number of benzene rings is 1. The van der Waals surface area contributed by atoms with Crippen molar-refractivity contribution >= 4 is 22.7 Å². The van der Waals surface area contributed by atoms with E-state index < -0.39 is 5.82 Å². The fraction of sp³-hybridized carbons (Fsp3) is 0.545. The number of likely N-dealkylation sites (tertiary alicyclic amines) is 1. The Hall–Kier alpha value is -3.26. The van der Waals surface area contributed by atoms with Crippen LogP contribution in [-0.2, 0) is 11.2 Å². The van der Waals surface area contributed by atoms with Crippen LogP contribution in [-0.4, -0.2) is 70.9 Å². The smallest absolute Gasteiger partial charge is 0.256 e. The molecule has 220 valence electrons. The zero-order chi connectivity index (χ0) is 29.3. The lowest BCUT2D eigenvalue weighted by Gasteiger charge is -2.30. The predicted octanol–water partition coefficient (Wildman–Crippen LogP) is 5.37. The van der Waals surface area contributed by atoms with Gasteiger partial charge in [-0.2, -0.15) is 0 Å². The van der Waals surface area contributed by atoms with E-state index >= 15 is 0 Å². The summed E-state index contributed by atoms with van der Waals surface area (Å²) >= 11 is 0. The maximum absolute atomic E-state index is 14.4. The van der Waals surface area contributed by atoms with E-state index in [1.807, 2.05) is 30.8 Å². The number of hydrogen-bond donors (Lipinski definition) is 1. The SMILES string of the molecule is CNC(=O)[C@H]1CC[C@@H](CN2CC[C@H](Cc3cn(-c4ccc(F)cc4C(=O)N(C)C(C)C)c4cncc(C)c34)C2)CC1. The van der Waals surface area contributed by atoms with Crippen LogP contribution in [0.4, 0.5) is 4.39 Å². The molecule has 7 nitrogen and oxygen atoms in total. The topological polar surface area (TPSA) is 70.5 Å². The molecule has 0 unspecified atom stereocenters. The summed E-state index contributed by atoms with van der Waals surface area (Å²) in [6, 6.07) is 4.48. The fourth-order valence-electron chi connectivity index (χ4n) is 6.84. The standard InChI is InChI=1S/C33H44FN5O2/c1-21(2)37(5)33(41)28-15-27(34)10-11-29(28)39-20-26(31-22(3)16-36-17-30(31)39)14-24-12-13-38(19-24)18-23-6-8-25(9-7-23)32(40)35-4/h10-11,15-17,20-21,23-25H,6-9,12-14,18-19H2,1-5H3,(H,35,40)/t23-,24-,25+/m1/s1. The van der Waals surface area contributed by atoms with Crippen molar-refractivity contribution in [2.24, 2.45) is 17.8 Å². The quantitative estimate of drug-likeness (QED) is 0.402. The Bertz CT molecular complexity index is 1410. The number of carbonyl (C=O) groups excluding carboxylic acids is 2. The van der Waals surface area contributed by atoms with Gasteiger partial charge < -0.3 is 19.7 Å². The molecule has 3 heterocycles.